The highest BCUT2D eigenvalue weighted by Crippen LogP contribution is 2.44. The molecule has 6 nitrogen and oxygen atoms in total. The smallest absolute Gasteiger partial charge is 0.151 e. The fraction of sp³-hybridized carbons (Fsp3) is 0.609. The summed E-state index contributed by atoms with van der Waals surface area (Å²) in [5.41, 5.74) is 3.09. The van der Waals surface area contributed by atoms with Gasteiger partial charge in [0.25, 0.3) is 0 Å². The highest BCUT2D eigenvalue weighted by molar-refractivity contribution is 5.59. The van der Waals surface area contributed by atoms with Gasteiger partial charge in [-0.15, -0.1) is 10.2 Å². The zero-order valence-electron chi connectivity index (χ0n) is 17.4. The van der Waals surface area contributed by atoms with Crippen molar-refractivity contribution in [3.05, 3.63) is 36.0 Å². The minimum Gasteiger partial charge on any atom is -0.351 e. The van der Waals surface area contributed by atoms with Crippen LogP contribution < -0.4 is 4.90 Å². The molecule has 29 heavy (non-hydrogen) atoms. The Morgan fingerprint density at radius 3 is 2.72 bits per heavy atom. The van der Waals surface area contributed by atoms with Crippen LogP contribution in [0.5, 0.6) is 0 Å². The molecule has 0 radical (unpaired) electrons. The van der Waals surface area contributed by atoms with E-state index in [0.29, 0.717) is 6.04 Å². The second-order valence-electron chi connectivity index (χ2n) is 9.64. The lowest BCUT2D eigenvalue weighted by atomic mass is 9.93. The molecule has 0 spiro atoms. The molecule has 0 N–H and O–H groups in total. The van der Waals surface area contributed by atoms with Crippen molar-refractivity contribution >= 4 is 5.82 Å². The quantitative estimate of drug-likeness (QED) is 0.752. The van der Waals surface area contributed by atoms with Gasteiger partial charge in [0, 0.05) is 39.3 Å². The van der Waals surface area contributed by atoms with Gasteiger partial charge in [0.2, 0.25) is 0 Å². The van der Waals surface area contributed by atoms with Gasteiger partial charge in [0.15, 0.2) is 5.82 Å². The highest BCUT2D eigenvalue weighted by atomic mass is 15.3. The number of hydrogen-bond donors (Lipinski definition) is 0. The van der Waals surface area contributed by atoms with Crippen LogP contribution >= 0.6 is 0 Å². The molecule has 3 fully saturated rings. The minimum absolute atomic E-state index is 0.600. The predicted octanol–water partition coefficient (Wildman–Crippen LogP) is 2.91. The molecule has 0 aromatic carbocycles. The van der Waals surface area contributed by atoms with Gasteiger partial charge in [-0.1, -0.05) is 12.2 Å². The van der Waals surface area contributed by atoms with E-state index >= 15 is 0 Å². The van der Waals surface area contributed by atoms with E-state index in [1.54, 1.807) is 0 Å². The van der Waals surface area contributed by atoms with Gasteiger partial charge in [-0.3, -0.25) is 4.68 Å². The normalized spacial score (nSPS) is 33.2. The van der Waals surface area contributed by atoms with Crippen molar-refractivity contribution in [1.29, 1.82) is 0 Å². The summed E-state index contributed by atoms with van der Waals surface area (Å²) in [6, 6.07) is 4.86. The van der Waals surface area contributed by atoms with Gasteiger partial charge < -0.3 is 9.80 Å². The SMILES string of the molecule is Cc1cnn(C)c1-c1ccc(N2CCC3CN(CC4CC5C=CC4C5)CC32)nn1. The average Bonchev–Trinajstić information content (AvgIpc) is 3.51. The first-order valence-corrected chi connectivity index (χ1v) is 11.2. The Labute approximate surface area is 172 Å². The molecule has 2 aromatic rings. The molecular formula is C23H30N6. The zero-order chi connectivity index (χ0) is 19.5. The second-order valence-corrected chi connectivity index (χ2v) is 9.64. The number of likely N-dealkylation sites (tertiary alicyclic amines) is 1. The van der Waals surface area contributed by atoms with Crippen LogP contribution in [0.2, 0.25) is 0 Å². The van der Waals surface area contributed by atoms with E-state index in [2.05, 4.69) is 56.3 Å². The molecule has 2 aliphatic carbocycles. The van der Waals surface area contributed by atoms with Crippen LogP contribution in [-0.4, -0.2) is 57.1 Å². The fourth-order valence-corrected chi connectivity index (χ4v) is 6.44. The molecule has 4 aliphatic rings. The zero-order valence-corrected chi connectivity index (χ0v) is 17.4. The minimum atomic E-state index is 0.600. The van der Waals surface area contributed by atoms with Crippen molar-refractivity contribution in [2.45, 2.75) is 32.2 Å². The number of aryl methyl sites for hydroxylation is 2. The summed E-state index contributed by atoms with van der Waals surface area (Å²) >= 11 is 0. The second kappa shape index (κ2) is 6.66. The Hall–Kier alpha value is -2.21. The van der Waals surface area contributed by atoms with E-state index in [9.17, 15) is 0 Å². The number of hydrogen-bond acceptors (Lipinski definition) is 5. The molecule has 2 aliphatic heterocycles. The number of allylic oxidation sites excluding steroid dienone is 2. The topological polar surface area (TPSA) is 50.1 Å². The third kappa shape index (κ3) is 2.91. The van der Waals surface area contributed by atoms with Crippen LogP contribution in [0.1, 0.15) is 24.8 Å². The molecule has 152 valence electrons. The molecule has 6 rings (SSSR count). The summed E-state index contributed by atoms with van der Waals surface area (Å²) in [6.07, 6.45) is 10.9. The van der Waals surface area contributed by atoms with Crippen molar-refractivity contribution in [3.8, 4) is 11.4 Å². The Morgan fingerprint density at radius 2 is 2.03 bits per heavy atom. The molecular weight excluding hydrogens is 360 g/mol. The Kier molecular flexibility index (Phi) is 4.05. The first-order valence-electron chi connectivity index (χ1n) is 11.2. The maximum atomic E-state index is 4.63. The number of fused-ring (bicyclic) bond motifs is 3. The maximum Gasteiger partial charge on any atom is 0.151 e. The molecule has 0 amide bonds. The summed E-state index contributed by atoms with van der Waals surface area (Å²) in [4.78, 5) is 5.25. The van der Waals surface area contributed by atoms with Crippen molar-refractivity contribution in [1.82, 2.24) is 24.9 Å². The van der Waals surface area contributed by atoms with E-state index in [0.717, 1.165) is 53.0 Å². The van der Waals surface area contributed by atoms with Gasteiger partial charge in [-0.25, -0.2) is 0 Å². The van der Waals surface area contributed by atoms with Crippen LogP contribution in [-0.2, 0) is 7.05 Å². The molecule has 6 heteroatoms. The third-order valence-electron chi connectivity index (χ3n) is 7.84. The van der Waals surface area contributed by atoms with E-state index in [-0.39, 0.29) is 0 Å². The monoisotopic (exact) mass is 390 g/mol. The molecule has 4 heterocycles. The molecule has 5 unspecified atom stereocenters. The van der Waals surface area contributed by atoms with Crippen LogP contribution in [0, 0.1) is 30.6 Å². The van der Waals surface area contributed by atoms with Crippen LogP contribution in [0.4, 0.5) is 5.82 Å². The van der Waals surface area contributed by atoms with Gasteiger partial charge in [0.05, 0.1) is 11.9 Å². The van der Waals surface area contributed by atoms with E-state index < -0.39 is 0 Å². The van der Waals surface area contributed by atoms with Gasteiger partial charge in [-0.05, 0) is 67.6 Å². The standard InChI is InChI=1S/C23H30N6/c1-15-11-24-27(2)23(15)20-5-6-22(26-25-20)29-8-7-18-12-28(14-21(18)29)13-19-10-16-3-4-17(19)9-16/h3-6,11,16-19,21H,7-10,12-14H2,1-2H3. The molecule has 1 saturated carbocycles. The lowest BCUT2D eigenvalue weighted by Gasteiger charge is -2.28. The number of aromatic nitrogens is 4. The van der Waals surface area contributed by atoms with Gasteiger partial charge in [-0.2, -0.15) is 5.10 Å². The summed E-state index contributed by atoms with van der Waals surface area (Å²) in [5, 5.41) is 13.5. The molecule has 2 bridgehead atoms. The molecule has 2 saturated heterocycles. The van der Waals surface area contributed by atoms with Crippen molar-refractivity contribution < 1.29 is 0 Å². The van der Waals surface area contributed by atoms with E-state index in [1.807, 2.05) is 17.9 Å². The average molecular weight is 391 g/mol. The third-order valence-corrected chi connectivity index (χ3v) is 7.84. The summed E-state index contributed by atoms with van der Waals surface area (Å²) in [5.74, 6) is 4.43. The summed E-state index contributed by atoms with van der Waals surface area (Å²) < 4.78 is 1.88. The lowest BCUT2D eigenvalue weighted by Crippen LogP contribution is -2.37. The van der Waals surface area contributed by atoms with Crippen LogP contribution in [0.3, 0.4) is 0 Å². The van der Waals surface area contributed by atoms with Gasteiger partial charge in [0.1, 0.15) is 5.69 Å². The summed E-state index contributed by atoms with van der Waals surface area (Å²) in [6.45, 7) is 6.92. The Morgan fingerprint density at radius 1 is 1.10 bits per heavy atom. The number of rotatable bonds is 4. The number of anilines is 1. The predicted molar refractivity (Wildman–Crippen MR) is 113 cm³/mol. The van der Waals surface area contributed by atoms with Crippen LogP contribution in [0.25, 0.3) is 11.4 Å². The highest BCUT2D eigenvalue weighted by Gasteiger charge is 2.44. The van der Waals surface area contributed by atoms with Crippen molar-refractivity contribution in [2.24, 2.45) is 30.7 Å². The van der Waals surface area contributed by atoms with Crippen molar-refractivity contribution in [2.75, 3.05) is 31.1 Å². The molecule has 5 atom stereocenters. The van der Waals surface area contributed by atoms with E-state index in [1.165, 1.54) is 38.9 Å². The van der Waals surface area contributed by atoms with Gasteiger partial charge >= 0.3 is 0 Å². The number of nitrogens with zero attached hydrogens (tertiary/aromatic N) is 6. The van der Waals surface area contributed by atoms with Crippen LogP contribution in [0.15, 0.2) is 30.5 Å². The lowest BCUT2D eigenvalue weighted by molar-refractivity contribution is 0.243. The first-order chi connectivity index (χ1) is 14.2. The van der Waals surface area contributed by atoms with Crippen molar-refractivity contribution in [3.63, 3.8) is 0 Å². The molecule has 2 aromatic heterocycles. The Balaban J connectivity index is 1.15. The fourth-order valence-electron chi connectivity index (χ4n) is 6.44. The summed E-state index contributed by atoms with van der Waals surface area (Å²) in [7, 11) is 1.96. The largest absolute Gasteiger partial charge is 0.351 e. The first kappa shape index (κ1) is 17.6. The Bertz CT molecular complexity index is 912. The van der Waals surface area contributed by atoms with E-state index in [4.69, 9.17) is 0 Å². The maximum absolute atomic E-state index is 4.63.